The molecule has 37 heavy (non-hydrogen) atoms. The molecule has 7 nitrogen and oxygen atoms in total. The molecule has 0 fully saturated rings. The van der Waals surface area contributed by atoms with Crippen LogP contribution < -0.4 is 10.2 Å². The Labute approximate surface area is 214 Å². The summed E-state index contributed by atoms with van der Waals surface area (Å²) >= 11 is 0. The number of aromatic nitrogens is 2. The summed E-state index contributed by atoms with van der Waals surface area (Å²) in [6.07, 6.45) is 3.43. The predicted octanol–water partition coefficient (Wildman–Crippen LogP) is 5.59. The standard InChI is InChI=1S/C30H24N4O3/c35-27-15-11-24(12-16-27)30(36)32-31-19-25-20-34(26-9-5-2-6-10-26)33-29(25)23-13-17-28(18-14-23)37-21-22-7-3-1-4-8-22/h1-20,35H,21H2,(H,32,36)/b31-19-. The lowest BCUT2D eigenvalue weighted by atomic mass is 10.1. The molecule has 182 valence electrons. The molecule has 1 aromatic heterocycles. The first kappa shape index (κ1) is 23.6. The van der Waals surface area contributed by atoms with Gasteiger partial charge in [0.2, 0.25) is 0 Å². The average Bonchev–Trinajstić information content (AvgIpc) is 3.38. The third-order valence-electron chi connectivity index (χ3n) is 5.64. The molecule has 0 aliphatic carbocycles. The molecule has 7 heteroatoms. The second-order valence-corrected chi connectivity index (χ2v) is 8.26. The van der Waals surface area contributed by atoms with E-state index in [9.17, 15) is 9.90 Å². The van der Waals surface area contributed by atoms with Crippen molar-refractivity contribution in [3.8, 4) is 28.4 Å². The second kappa shape index (κ2) is 11.0. The third kappa shape index (κ3) is 5.91. The van der Waals surface area contributed by atoms with Gasteiger partial charge in [0.25, 0.3) is 5.91 Å². The first-order valence-corrected chi connectivity index (χ1v) is 11.7. The first-order chi connectivity index (χ1) is 18.2. The Kier molecular flexibility index (Phi) is 7.04. The van der Waals surface area contributed by atoms with E-state index in [0.717, 1.165) is 28.1 Å². The Bertz CT molecular complexity index is 1490. The maximum absolute atomic E-state index is 12.4. The van der Waals surface area contributed by atoms with Gasteiger partial charge in [-0.2, -0.15) is 10.2 Å². The summed E-state index contributed by atoms with van der Waals surface area (Å²) in [5, 5.41) is 18.4. The topological polar surface area (TPSA) is 88.7 Å². The van der Waals surface area contributed by atoms with Gasteiger partial charge in [-0.3, -0.25) is 4.79 Å². The van der Waals surface area contributed by atoms with Gasteiger partial charge in [0.15, 0.2) is 0 Å². The minimum atomic E-state index is -0.381. The summed E-state index contributed by atoms with van der Waals surface area (Å²) in [5.41, 5.74) is 7.24. The van der Waals surface area contributed by atoms with Crippen LogP contribution in [0.4, 0.5) is 0 Å². The minimum Gasteiger partial charge on any atom is -0.508 e. The van der Waals surface area contributed by atoms with Crippen molar-refractivity contribution in [3.63, 3.8) is 0 Å². The van der Waals surface area contributed by atoms with E-state index in [0.29, 0.717) is 17.9 Å². The highest BCUT2D eigenvalue weighted by molar-refractivity contribution is 5.95. The molecule has 0 saturated heterocycles. The van der Waals surface area contributed by atoms with Crippen LogP contribution in [0.2, 0.25) is 0 Å². The molecule has 0 radical (unpaired) electrons. The summed E-state index contributed by atoms with van der Waals surface area (Å²) in [6.45, 7) is 0.488. The number of hydrogen-bond acceptors (Lipinski definition) is 5. The molecule has 4 aromatic carbocycles. The number of nitrogens with zero attached hydrogens (tertiary/aromatic N) is 3. The largest absolute Gasteiger partial charge is 0.508 e. The Morgan fingerprint density at radius 2 is 1.57 bits per heavy atom. The van der Waals surface area contributed by atoms with Crippen molar-refractivity contribution in [3.05, 3.63) is 132 Å². The van der Waals surface area contributed by atoms with Crippen LogP contribution in [0.25, 0.3) is 16.9 Å². The zero-order chi connectivity index (χ0) is 25.5. The third-order valence-corrected chi connectivity index (χ3v) is 5.64. The number of phenols is 1. The minimum absolute atomic E-state index is 0.0921. The fraction of sp³-hybridized carbons (Fsp3) is 0.0333. The van der Waals surface area contributed by atoms with Crippen molar-refractivity contribution in [2.75, 3.05) is 0 Å². The zero-order valence-electron chi connectivity index (χ0n) is 19.9. The molecule has 0 unspecified atom stereocenters. The van der Waals surface area contributed by atoms with Gasteiger partial charge in [0, 0.05) is 22.9 Å². The number of carbonyl (C=O) groups excluding carboxylic acids is 1. The number of carbonyl (C=O) groups is 1. The fourth-order valence-electron chi connectivity index (χ4n) is 3.71. The lowest BCUT2D eigenvalue weighted by Crippen LogP contribution is -2.17. The number of phenolic OH excluding ortho intramolecular Hbond substituents is 1. The molecule has 0 saturated carbocycles. The van der Waals surface area contributed by atoms with Gasteiger partial charge in [-0.25, -0.2) is 10.1 Å². The van der Waals surface area contributed by atoms with Gasteiger partial charge < -0.3 is 9.84 Å². The molecule has 5 rings (SSSR count). The molecule has 0 aliphatic rings. The maximum Gasteiger partial charge on any atom is 0.271 e. The van der Waals surface area contributed by atoms with Crippen molar-refractivity contribution >= 4 is 12.1 Å². The van der Waals surface area contributed by atoms with Crippen molar-refractivity contribution < 1.29 is 14.6 Å². The van der Waals surface area contributed by atoms with Crippen LogP contribution in [-0.4, -0.2) is 27.0 Å². The van der Waals surface area contributed by atoms with Crippen LogP contribution in [0.5, 0.6) is 11.5 Å². The molecular weight excluding hydrogens is 464 g/mol. The smallest absolute Gasteiger partial charge is 0.271 e. The maximum atomic E-state index is 12.4. The molecule has 2 N–H and O–H groups in total. The van der Waals surface area contributed by atoms with Crippen LogP contribution in [0, 0.1) is 0 Å². The normalized spacial score (nSPS) is 10.9. The van der Waals surface area contributed by atoms with Crippen LogP contribution >= 0.6 is 0 Å². The van der Waals surface area contributed by atoms with E-state index in [1.807, 2.05) is 91.1 Å². The Morgan fingerprint density at radius 1 is 0.892 bits per heavy atom. The van der Waals surface area contributed by atoms with E-state index in [1.54, 1.807) is 10.9 Å². The van der Waals surface area contributed by atoms with Crippen molar-refractivity contribution in [2.24, 2.45) is 5.10 Å². The zero-order valence-corrected chi connectivity index (χ0v) is 19.9. The van der Waals surface area contributed by atoms with Gasteiger partial charge in [0.05, 0.1) is 11.9 Å². The van der Waals surface area contributed by atoms with E-state index in [2.05, 4.69) is 10.5 Å². The van der Waals surface area contributed by atoms with Crippen LogP contribution in [0.15, 0.2) is 120 Å². The van der Waals surface area contributed by atoms with Crippen LogP contribution in [0.1, 0.15) is 21.5 Å². The molecule has 0 atom stereocenters. The SMILES string of the molecule is O=C(N/N=C\c1cn(-c2ccccc2)nc1-c1ccc(OCc2ccccc2)cc1)c1ccc(O)cc1. The van der Waals surface area contributed by atoms with Crippen molar-refractivity contribution in [1.82, 2.24) is 15.2 Å². The molecule has 5 aromatic rings. The average molecular weight is 489 g/mol. The number of para-hydroxylation sites is 1. The van der Waals surface area contributed by atoms with Crippen molar-refractivity contribution in [2.45, 2.75) is 6.61 Å². The Balaban J connectivity index is 1.37. The highest BCUT2D eigenvalue weighted by atomic mass is 16.5. The van der Waals surface area contributed by atoms with E-state index >= 15 is 0 Å². The molecule has 1 heterocycles. The monoisotopic (exact) mass is 488 g/mol. The van der Waals surface area contributed by atoms with Gasteiger partial charge >= 0.3 is 0 Å². The lowest BCUT2D eigenvalue weighted by molar-refractivity contribution is 0.0955. The van der Waals surface area contributed by atoms with E-state index in [4.69, 9.17) is 9.84 Å². The summed E-state index contributed by atoms with van der Waals surface area (Å²) < 4.78 is 7.69. The van der Waals surface area contributed by atoms with Gasteiger partial charge in [-0.1, -0.05) is 48.5 Å². The van der Waals surface area contributed by atoms with E-state index in [1.165, 1.54) is 24.3 Å². The lowest BCUT2D eigenvalue weighted by Gasteiger charge is -2.07. The quantitative estimate of drug-likeness (QED) is 0.220. The van der Waals surface area contributed by atoms with Gasteiger partial charge in [0.1, 0.15) is 23.8 Å². The number of aromatic hydroxyl groups is 1. The van der Waals surface area contributed by atoms with E-state index in [-0.39, 0.29) is 11.7 Å². The number of hydrazone groups is 1. The number of rotatable bonds is 8. The number of nitrogens with one attached hydrogen (secondary N) is 1. The number of ether oxygens (including phenoxy) is 1. The number of benzene rings is 4. The highest BCUT2D eigenvalue weighted by Crippen LogP contribution is 2.25. The summed E-state index contributed by atoms with van der Waals surface area (Å²) in [4.78, 5) is 12.4. The number of amides is 1. The summed E-state index contributed by atoms with van der Waals surface area (Å²) in [7, 11) is 0. The predicted molar refractivity (Wildman–Crippen MR) is 143 cm³/mol. The molecule has 1 amide bonds. The number of hydrogen-bond donors (Lipinski definition) is 2. The molecule has 0 spiro atoms. The van der Waals surface area contributed by atoms with Crippen LogP contribution in [-0.2, 0) is 6.61 Å². The second-order valence-electron chi connectivity index (χ2n) is 8.26. The molecule has 0 bridgehead atoms. The molecule has 0 aliphatic heterocycles. The first-order valence-electron chi connectivity index (χ1n) is 11.7. The highest BCUT2D eigenvalue weighted by Gasteiger charge is 2.12. The molecular formula is C30H24N4O3. The van der Waals surface area contributed by atoms with E-state index < -0.39 is 0 Å². The fourth-order valence-corrected chi connectivity index (χ4v) is 3.71. The van der Waals surface area contributed by atoms with Crippen molar-refractivity contribution in [1.29, 1.82) is 0 Å². The van der Waals surface area contributed by atoms with Crippen LogP contribution in [0.3, 0.4) is 0 Å². The Hall–Kier alpha value is -5.17. The summed E-state index contributed by atoms with van der Waals surface area (Å²) in [6, 6.07) is 33.4. The van der Waals surface area contributed by atoms with Gasteiger partial charge in [-0.05, 0) is 66.2 Å². The summed E-state index contributed by atoms with van der Waals surface area (Å²) in [5.74, 6) is 0.467. The Morgan fingerprint density at radius 3 is 2.27 bits per heavy atom. The van der Waals surface area contributed by atoms with Gasteiger partial charge in [-0.15, -0.1) is 0 Å².